The topological polar surface area (TPSA) is 46.6 Å². The van der Waals surface area contributed by atoms with E-state index in [1.807, 2.05) is 6.92 Å². The fraction of sp³-hybridized carbons (Fsp3) is 0.857. The first-order valence-corrected chi connectivity index (χ1v) is 7.21. The first kappa shape index (κ1) is 17.8. The molecule has 1 saturated carbocycles. The largest absolute Gasteiger partial charge is 0.468 e. The van der Waals surface area contributed by atoms with Crippen molar-refractivity contribution >= 4 is 11.9 Å². The van der Waals surface area contributed by atoms with Gasteiger partial charge in [0, 0.05) is 12.5 Å². The summed E-state index contributed by atoms with van der Waals surface area (Å²) in [4.78, 5) is 25.0. The van der Waals surface area contributed by atoms with Gasteiger partial charge in [-0.05, 0) is 32.1 Å². The van der Waals surface area contributed by atoms with Gasteiger partial charge in [-0.15, -0.1) is 0 Å². The highest BCUT2D eigenvalue weighted by molar-refractivity contribution is 5.83. The van der Waals surface area contributed by atoms with Gasteiger partial charge in [-0.2, -0.15) is 13.2 Å². The number of esters is 1. The summed E-state index contributed by atoms with van der Waals surface area (Å²) in [6, 6.07) is 0. The predicted molar refractivity (Wildman–Crippen MR) is 70.4 cm³/mol. The Morgan fingerprint density at radius 3 is 2.19 bits per heavy atom. The molecular formula is C14H22F3NO3. The summed E-state index contributed by atoms with van der Waals surface area (Å²) >= 11 is 0. The first-order chi connectivity index (χ1) is 9.79. The summed E-state index contributed by atoms with van der Waals surface area (Å²) in [5.74, 6) is -2.47. The molecule has 0 saturated heterocycles. The Morgan fingerprint density at radius 2 is 1.76 bits per heavy atom. The van der Waals surface area contributed by atoms with Crippen LogP contribution >= 0.6 is 0 Å². The molecule has 0 N–H and O–H groups in total. The third kappa shape index (κ3) is 5.21. The van der Waals surface area contributed by atoms with Crippen molar-refractivity contribution in [1.82, 2.24) is 4.90 Å². The lowest BCUT2D eigenvalue weighted by Gasteiger charge is -2.32. The predicted octanol–water partition coefficient (Wildman–Crippen LogP) is 2.77. The van der Waals surface area contributed by atoms with Gasteiger partial charge in [0.2, 0.25) is 5.91 Å². The third-order valence-electron chi connectivity index (χ3n) is 3.89. The molecule has 7 heteroatoms. The quantitative estimate of drug-likeness (QED) is 0.734. The van der Waals surface area contributed by atoms with E-state index in [4.69, 9.17) is 0 Å². The van der Waals surface area contributed by atoms with E-state index < -0.39 is 24.0 Å². The molecule has 4 nitrogen and oxygen atoms in total. The molecule has 0 unspecified atom stereocenters. The SMILES string of the molecule is CCCN(CC(=O)OC)C(=O)C1CCC(C(F)(F)F)CC1. The molecule has 0 bridgehead atoms. The zero-order valence-electron chi connectivity index (χ0n) is 12.4. The number of methoxy groups -OCH3 is 1. The number of hydrogen-bond donors (Lipinski definition) is 0. The second kappa shape index (κ2) is 7.66. The number of carbonyl (C=O) groups is 2. The van der Waals surface area contributed by atoms with Gasteiger partial charge in [0.25, 0.3) is 0 Å². The van der Waals surface area contributed by atoms with Crippen LogP contribution in [-0.4, -0.2) is 43.2 Å². The van der Waals surface area contributed by atoms with Crippen molar-refractivity contribution in [1.29, 1.82) is 0 Å². The zero-order chi connectivity index (χ0) is 16.0. The summed E-state index contributed by atoms with van der Waals surface area (Å²) in [6.07, 6.45) is -3.07. The molecule has 122 valence electrons. The van der Waals surface area contributed by atoms with Crippen molar-refractivity contribution in [3.05, 3.63) is 0 Å². The maximum absolute atomic E-state index is 12.6. The van der Waals surface area contributed by atoms with Crippen LogP contribution in [0.25, 0.3) is 0 Å². The van der Waals surface area contributed by atoms with Gasteiger partial charge in [-0.25, -0.2) is 0 Å². The third-order valence-corrected chi connectivity index (χ3v) is 3.89. The average molecular weight is 309 g/mol. The van der Waals surface area contributed by atoms with E-state index in [0.717, 1.165) is 0 Å². The van der Waals surface area contributed by atoms with Crippen LogP contribution in [0, 0.1) is 11.8 Å². The van der Waals surface area contributed by atoms with E-state index in [1.165, 1.54) is 12.0 Å². The standard InChI is InChI=1S/C14H22F3NO3/c1-3-8-18(9-12(19)21-2)13(20)10-4-6-11(7-5-10)14(15,16)17/h10-11H,3-9H2,1-2H3. The maximum Gasteiger partial charge on any atom is 0.391 e. The molecule has 0 heterocycles. The van der Waals surface area contributed by atoms with Gasteiger partial charge < -0.3 is 9.64 Å². The van der Waals surface area contributed by atoms with Gasteiger partial charge in [-0.1, -0.05) is 6.92 Å². The molecule has 1 aliphatic carbocycles. The Morgan fingerprint density at radius 1 is 1.19 bits per heavy atom. The minimum absolute atomic E-state index is 0.0158. The summed E-state index contributed by atoms with van der Waals surface area (Å²) in [6.45, 7) is 2.15. The van der Waals surface area contributed by atoms with Gasteiger partial charge in [0.15, 0.2) is 0 Å². The molecule has 1 fully saturated rings. The molecule has 0 atom stereocenters. The number of nitrogens with zero attached hydrogens (tertiary/aromatic N) is 1. The lowest BCUT2D eigenvalue weighted by atomic mass is 9.81. The van der Waals surface area contributed by atoms with Crippen molar-refractivity contribution < 1.29 is 27.5 Å². The molecule has 1 aliphatic rings. The molecule has 1 amide bonds. The van der Waals surface area contributed by atoms with Crippen LogP contribution < -0.4 is 0 Å². The number of alkyl halides is 3. The molecule has 0 aliphatic heterocycles. The van der Waals surface area contributed by atoms with Crippen molar-refractivity contribution in [2.75, 3.05) is 20.2 Å². The Labute approximate surface area is 122 Å². The van der Waals surface area contributed by atoms with Crippen molar-refractivity contribution in [3.63, 3.8) is 0 Å². The number of rotatable bonds is 5. The van der Waals surface area contributed by atoms with Gasteiger partial charge in [0.1, 0.15) is 6.54 Å². The highest BCUT2D eigenvalue weighted by Crippen LogP contribution is 2.39. The number of amides is 1. The zero-order valence-corrected chi connectivity index (χ0v) is 12.4. The van der Waals surface area contributed by atoms with Crippen LogP contribution in [0.1, 0.15) is 39.0 Å². The molecule has 0 aromatic heterocycles. The Kier molecular flexibility index (Phi) is 6.48. The van der Waals surface area contributed by atoms with E-state index in [0.29, 0.717) is 13.0 Å². The van der Waals surface area contributed by atoms with Crippen LogP contribution in [0.2, 0.25) is 0 Å². The van der Waals surface area contributed by atoms with Crippen LogP contribution in [-0.2, 0) is 14.3 Å². The molecule has 0 spiro atoms. The molecule has 0 aromatic carbocycles. The highest BCUT2D eigenvalue weighted by atomic mass is 19.4. The van der Waals surface area contributed by atoms with E-state index in [2.05, 4.69) is 4.74 Å². The molecule has 1 rings (SSSR count). The van der Waals surface area contributed by atoms with Crippen molar-refractivity contribution in [2.24, 2.45) is 11.8 Å². The number of carbonyl (C=O) groups excluding carboxylic acids is 2. The minimum atomic E-state index is -4.18. The lowest BCUT2D eigenvalue weighted by Crippen LogP contribution is -2.42. The fourth-order valence-corrected chi connectivity index (χ4v) is 2.68. The second-order valence-corrected chi connectivity index (χ2v) is 5.43. The normalized spacial score (nSPS) is 22.7. The molecule has 0 radical (unpaired) electrons. The van der Waals surface area contributed by atoms with E-state index >= 15 is 0 Å². The highest BCUT2D eigenvalue weighted by Gasteiger charge is 2.43. The van der Waals surface area contributed by atoms with E-state index in [-0.39, 0.29) is 38.1 Å². The van der Waals surface area contributed by atoms with Crippen molar-refractivity contribution in [2.45, 2.75) is 45.2 Å². The lowest BCUT2D eigenvalue weighted by molar-refractivity contribution is -0.185. The molecular weight excluding hydrogens is 287 g/mol. The second-order valence-electron chi connectivity index (χ2n) is 5.43. The monoisotopic (exact) mass is 309 g/mol. The maximum atomic E-state index is 12.6. The smallest absolute Gasteiger partial charge is 0.391 e. The summed E-state index contributed by atoms with van der Waals surface area (Å²) in [5.41, 5.74) is 0. The van der Waals surface area contributed by atoms with E-state index in [9.17, 15) is 22.8 Å². The van der Waals surface area contributed by atoms with Gasteiger partial charge >= 0.3 is 12.1 Å². The summed E-state index contributed by atoms with van der Waals surface area (Å²) in [5, 5.41) is 0. The van der Waals surface area contributed by atoms with Crippen LogP contribution in [0.15, 0.2) is 0 Å². The van der Waals surface area contributed by atoms with Gasteiger partial charge in [0.05, 0.1) is 13.0 Å². The number of ether oxygens (including phenoxy) is 1. The number of hydrogen-bond acceptors (Lipinski definition) is 3. The molecule has 0 aromatic rings. The van der Waals surface area contributed by atoms with Crippen LogP contribution in [0.5, 0.6) is 0 Å². The minimum Gasteiger partial charge on any atom is -0.468 e. The van der Waals surface area contributed by atoms with Crippen LogP contribution in [0.3, 0.4) is 0 Å². The average Bonchev–Trinajstić information content (AvgIpc) is 2.45. The Bertz CT molecular complexity index is 363. The fourth-order valence-electron chi connectivity index (χ4n) is 2.68. The molecule has 21 heavy (non-hydrogen) atoms. The van der Waals surface area contributed by atoms with Crippen LogP contribution in [0.4, 0.5) is 13.2 Å². The Hall–Kier alpha value is -1.27. The van der Waals surface area contributed by atoms with Gasteiger partial charge in [-0.3, -0.25) is 9.59 Å². The Balaban J connectivity index is 2.59. The van der Waals surface area contributed by atoms with E-state index in [1.54, 1.807) is 0 Å². The number of halogens is 3. The summed E-state index contributed by atoms with van der Waals surface area (Å²) < 4.78 is 42.4. The van der Waals surface area contributed by atoms with Crippen molar-refractivity contribution in [3.8, 4) is 0 Å². The summed E-state index contributed by atoms with van der Waals surface area (Å²) in [7, 11) is 1.24. The first-order valence-electron chi connectivity index (χ1n) is 7.21.